The monoisotopic (exact) mass is 130 g/mol. The molecule has 0 spiro atoms. The number of aromatic nitrogens is 1. The molecule has 0 aromatic carbocycles. The molecule has 0 radical (unpaired) electrons. The molecule has 1 aliphatic rings. The highest BCUT2D eigenvalue weighted by Crippen LogP contribution is 2.21. The molecule has 0 amide bonds. The van der Waals surface area contributed by atoms with E-state index in [1.165, 1.54) is 0 Å². The van der Waals surface area contributed by atoms with E-state index in [1.807, 2.05) is 12.2 Å². The van der Waals surface area contributed by atoms with E-state index in [4.69, 9.17) is 5.73 Å². The zero-order valence-electron chi connectivity index (χ0n) is 5.33. The van der Waals surface area contributed by atoms with Crippen LogP contribution in [0.5, 0.6) is 0 Å². The first-order valence-corrected chi connectivity index (χ1v) is 3.04. The largest absolute Gasteiger partial charge is 0.397 e. The van der Waals surface area contributed by atoms with Gasteiger partial charge in [0.25, 0.3) is 0 Å². The lowest BCUT2D eigenvalue weighted by atomic mass is 10.2. The maximum atomic E-state index is 5.62. The van der Waals surface area contributed by atoms with E-state index in [0.29, 0.717) is 0 Å². The van der Waals surface area contributed by atoms with Crippen molar-refractivity contribution in [1.82, 2.24) is 4.98 Å². The van der Waals surface area contributed by atoms with Crippen LogP contribution < -0.4 is 5.73 Å². The van der Waals surface area contributed by atoms with Gasteiger partial charge in [0.2, 0.25) is 0 Å². The topological polar surface area (TPSA) is 38.9 Å². The summed E-state index contributed by atoms with van der Waals surface area (Å²) in [6.07, 6.45) is 7.17. The third-order valence-corrected chi connectivity index (χ3v) is 1.52. The van der Waals surface area contributed by atoms with E-state index < -0.39 is 0 Å². The fourth-order valence-corrected chi connectivity index (χ4v) is 1.00. The Morgan fingerprint density at radius 3 is 3.00 bits per heavy atom. The van der Waals surface area contributed by atoms with Gasteiger partial charge in [-0.25, -0.2) is 0 Å². The molecule has 1 aromatic rings. The van der Waals surface area contributed by atoms with Crippen LogP contribution >= 0.6 is 0 Å². The van der Waals surface area contributed by atoms with E-state index in [2.05, 4.69) is 10.7 Å². The van der Waals surface area contributed by atoms with E-state index in [9.17, 15) is 0 Å². The van der Waals surface area contributed by atoms with Gasteiger partial charge in [0.05, 0.1) is 11.9 Å². The van der Waals surface area contributed by atoms with Gasteiger partial charge >= 0.3 is 0 Å². The summed E-state index contributed by atoms with van der Waals surface area (Å²) >= 11 is 0. The predicted octanol–water partition coefficient (Wildman–Crippen LogP) is 1.30. The highest BCUT2D eigenvalue weighted by atomic mass is 14.7. The van der Waals surface area contributed by atoms with Crippen LogP contribution in [0.4, 0.5) is 5.69 Å². The van der Waals surface area contributed by atoms with Crippen molar-refractivity contribution in [3.8, 4) is 0 Å². The quantitative estimate of drug-likeness (QED) is 0.546. The number of hydrogen-bond acceptors (Lipinski definition) is 2. The predicted molar refractivity (Wildman–Crippen MR) is 41.1 cm³/mol. The van der Waals surface area contributed by atoms with E-state index in [0.717, 1.165) is 16.8 Å². The number of hydrogen-bond donors (Lipinski definition) is 1. The molecule has 2 heteroatoms. The Hall–Kier alpha value is -1.53. The number of nitrogen functional groups attached to an aromatic ring is 1. The second kappa shape index (κ2) is 1.72. The first-order valence-electron chi connectivity index (χ1n) is 3.04. The standard InChI is InChI=1S/C8H6N2/c9-8-5-10-4-6-2-1-3-7(6)8/h2-5H,9H2. The van der Waals surface area contributed by atoms with Gasteiger partial charge in [-0.15, -0.1) is 5.73 Å². The lowest BCUT2D eigenvalue weighted by Gasteiger charge is -1.97. The highest BCUT2D eigenvalue weighted by molar-refractivity contribution is 5.79. The van der Waals surface area contributed by atoms with Gasteiger partial charge < -0.3 is 5.73 Å². The van der Waals surface area contributed by atoms with Crippen molar-refractivity contribution in [3.05, 3.63) is 29.3 Å². The molecule has 48 valence electrons. The average Bonchev–Trinajstić information content (AvgIpc) is 2.36. The van der Waals surface area contributed by atoms with Crippen molar-refractivity contribution < 1.29 is 0 Å². The number of anilines is 1. The molecule has 0 unspecified atom stereocenters. The van der Waals surface area contributed by atoms with Crippen LogP contribution in [0.25, 0.3) is 12.2 Å². The Balaban J connectivity index is 2.75. The number of nitrogens with zero attached hydrogens (tertiary/aromatic N) is 1. The molecule has 0 aliphatic heterocycles. The van der Waals surface area contributed by atoms with Crippen LogP contribution in [-0.4, -0.2) is 4.98 Å². The Labute approximate surface area is 58.7 Å². The van der Waals surface area contributed by atoms with Crippen molar-refractivity contribution in [2.24, 2.45) is 0 Å². The van der Waals surface area contributed by atoms with Crippen molar-refractivity contribution in [2.75, 3.05) is 5.73 Å². The van der Waals surface area contributed by atoms with E-state index in [-0.39, 0.29) is 0 Å². The maximum Gasteiger partial charge on any atom is 0.0586 e. The third kappa shape index (κ3) is 0.567. The minimum Gasteiger partial charge on any atom is -0.397 e. The van der Waals surface area contributed by atoms with Crippen LogP contribution in [-0.2, 0) is 0 Å². The lowest BCUT2D eigenvalue weighted by molar-refractivity contribution is 1.32. The van der Waals surface area contributed by atoms with Crippen molar-refractivity contribution in [3.63, 3.8) is 0 Å². The van der Waals surface area contributed by atoms with Crippen LogP contribution in [0, 0.1) is 0 Å². The van der Waals surface area contributed by atoms with Crippen molar-refractivity contribution in [1.29, 1.82) is 0 Å². The molecule has 2 N–H and O–H groups in total. The molecule has 2 nitrogen and oxygen atoms in total. The molecule has 2 rings (SSSR count). The molecule has 0 atom stereocenters. The number of pyridine rings is 1. The minimum atomic E-state index is 0.721. The molecule has 0 fully saturated rings. The smallest absolute Gasteiger partial charge is 0.0586 e. The molecule has 0 saturated heterocycles. The zero-order valence-corrected chi connectivity index (χ0v) is 5.33. The zero-order chi connectivity index (χ0) is 6.97. The fraction of sp³-hybridized carbons (Fsp3) is 0. The Bertz CT molecular complexity index is 333. The van der Waals surface area contributed by atoms with Crippen molar-refractivity contribution in [2.45, 2.75) is 0 Å². The third-order valence-electron chi connectivity index (χ3n) is 1.52. The first kappa shape index (κ1) is 5.27. The number of nitrogens with two attached hydrogens (primary N) is 1. The van der Waals surface area contributed by atoms with Crippen LogP contribution in [0.1, 0.15) is 11.1 Å². The summed E-state index contributed by atoms with van der Waals surface area (Å²) in [5.74, 6) is 0. The molecule has 1 aliphatic carbocycles. The highest BCUT2D eigenvalue weighted by Gasteiger charge is 2.03. The second-order valence-corrected chi connectivity index (χ2v) is 2.19. The normalized spacial score (nSPS) is 12.0. The van der Waals surface area contributed by atoms with Crippen molar-refractivity contribution >= 4 is 17.8 Å². The fourth-order valence-electron chi connectivity index (χ4n) is 1.00. The summed E-state index contributed by atoms with van der Waals surface area (Å²) in [5, 5.41) is 0. The van der Waals surface area contributed by atoms with Gasteiger partial charge in [0.15, 0.2) is 0 Å². The summed E-state index contributed by atoms with van der Waals surface area (Å²) < 4.78 is 0. The Morgan fingerprint density at radius 2 is 2.20 bits per heavy atom. The maximum absolute atomic E-state index is 5.62. The van der Waals surface area contributed by atoms with E-state index in [1.54, 1.807) is 12.4 Å². The first-order chi connectivity index (χ1) is 4.88. The average molecular weight is 130 g/mol. The molecule has 0 saturated carbocycles. The van der Waals surface area contributed by atoms with E-state index >= 15 is 0 Å². The van der Waals surface area contributed by atoms with Gasteiger partial charge in [0.1, 0.15) is 0 Å². The Morgan fingerprint density at radius 1 is 1.30 bits per heavy atom. The van der Waals surface area contributed by atoms with Gasteiger partial charge in [-0.1, -0.05) is 0 Å². The van der Waals surface area contributed by atoms with Crippen LogP contribution in [0.2, 0.25) is 0 Å². The minimum absolute atomic E-state index is 0.721. The van der Waals surface area contributed by atoms with Gasteiger partial charge in [0, 0.05) is 17.3 Å². The molecule has 10 heavy (non-hydrogen) atoms. The van der Waals surface area contributed by atoms with Gasteiger partial charge in [-0.3, -0.25) is 4.98 Å². The summed E-state index contributed by atoms with van der Waals surface area (Å²) in [6.45, 7) is 0. The molecule has 1 aromatic heterocycles. The SMILES string of the molecule is Nc1cncc2c1C=C=C2. The second-order valence-electron chi connectivity index (χ2n) is 2.19. The summed E-state index contributed by atoms with van der Waals surface area (Å²) in [6, 6.07) is 0. The van der Waals surface area contributed by atoms with Gasteiger partial charge in [-0.05, 0) is 12.2 Å². The summed E-state index contributed by atoms with van der Waals surface area (Å²) in [4.78, 5) is 3.94. The molecule has 1 heterocycles. The molecular weight excluding hydrogens is 124 g/mol. The number of rotatable bonds is 0. The molecular formula is C8H6N2. The Kier molecular flexibility index (Phi) is 0.908. The lowest BCUT2D eigenvalue weighted by Crippen LogP contribution is -1.91. The number of fused-ring (bicyclic) bond motifs is 1. The van der Waals surface area contributed by atoms with Gasteiger partial charge in [-0.2, -0.15) is 0 Å². The van der Waals surface area contributed by atoms with Crippen LogP contribution in [0.15, 0.2) is 18.1 Å². The summed E-state index contributed by atoms with van der Waals surface area (Å²) in [5.41, 5.74) is 11.4. The van der Waals surface area contributed by atoms with Crippen LogP contribution in [0.3, 0.4) is 0 Å². The molecule has 0 bridgehead atoms. The summed E-state index contributed by atoms with van der Waals surface area (Å²) in [7, 11) is 0.